The minimum atomic E-state index is -4.76. The standard InChI is InChI=1S/C12H14F3N3O/c1-11(16,12(13,14)15)10(19)18-6-4-9-8(7-18)3-2-5-17-9/h2-3,5H,4,6-7,16H2,1H3. The maximum atomic E-state index is 12.7. The summed E-state index contributed by atoms with van der Waals surface area (Å²) < 4.78 is 38.2. The summed E-state index contributed by atoms with van der Waals surface area (Å²) in [5.74, 6) is -1.10. The molecular weight excluding hydrogens is 259 g/mol. The van der Waals surface area contributed by atoms with E-state index in [0.29, 0.717) is 13.3 Å². The number of halogens is 3. The number of pyridine rings is 1. The Morgan fingerprint density at radius 1 is 1.47 bits per heavy atom. The van der Waals surface area contributed by atoms with Gasteiger partial charge in [0.25, 0.3) is 5.91 Å². The number of carbonyl (C=O) groups excluding carboxylic acids is 1. The highest BCUT2D eigenvalue weighted by molar-refractivity contribution is 5.86. The SMILES string of the molecule is CC(N)(C(=O)N1CCc2ncccc2C1)C(F)(F)F. The van der Waals surface area contributed by atoms with Gasteiger partial charge < -0.3 is 10.6 Å². The Hall–Kier alpha value is -1.63. The second kappa shape index (κ2) is 4.48. The van der Waals surface area contributed by atoms with E-state index >= 15 is 0 Å². The average molecular weight is 273 g/mol. The third-order valence-corrected chi connectivity index (χ3v) is 3.28. The van der Waals surface area contributed by atoms with E-state index in [0.717, 1.165) is 16.2 Å². The molecule has 0 bridgehead atoms. The molecule has 1 aromatic heterocycles. The van der Waals surface area contributed by atoms with Crippen LogP contribution in [0.1, 0.15) is 18.2 Å². The van der Waals surface area contributed by atoms with Gasteiger partial charge in [-0.3, -0.25) is 9.78 Å². The molecule has 1 aromatic rings. The second-order valence-electron chi connectivity index (χ2n) is 4.79. The van der Waals surface area contributed by atoms with Crippen LogP contribution in [0.15, 0.2) is 18.3 Å². The zero-order valence-corrected chi connectivity index (χ0v) is 10.4. The van der Waals surface area contributed by atoms with Crippen molar-refractivity contribution >= 4 is 5.91 Å². The van der Waals surface area contributed by atoms with E-state index in [1.807, 2.05) is 0 Å². The summed E-state index contributed by atoms with van der Waals surface area (Å²) in [6.07, 6.45) is -2.70. The van der Waals surface area contributed by atoms with Crippen LogP contribution in [-0.2, 0) is 17.8 Å². The number of nitrogens with zero attached hydrogens (tertiary/aromatic N) is 2. The molecule has 2 heterocycles. The minimum Gasteiger partial charge on any atom is -0.336 e. The summed E-state index contributed by atoms with van der Waals surface area (Å²) >= 11 is 0. The summed E-state index contributed by atoms with van der Waals surface area (Å²) in [4.78, 5) is 17.2. The maximum Gasteiger partial charge on any atom is 0.415 e. The van der Waals surface area contributed by atoms with Gasteiger partial charge in [-0.1, -0.05) is 6.07 Å². The highest BCUT2D eigenvalue weighted by atomic mass is 19.4. The van der Waals surface area contributed by atoms with Gasteiger partial charge in [0.15, 0.2) is 5.54 Å². The van der Waals surface area contributed by atoms with Gasteiger partial charge in [-0.2, -0.15) is 13.2 Å². The van der Waals surface area contributed by atoms with E-state index in [-0.39, 0.29) is 13.1 Å². The van der Waals surface area contributed by atoms with E-state index in [4.69, 9.17) is 5.73 Å². The predicted octanol–water partition coefficient (Wildman–Crippen LogP) is 1.25. The molecule has 0 saturated heterocycles. The summed E-state index contributed by atoms with van der Waals surface area (Å²) in [5.41, 5.74) is 3.88. The average Bonchev–Trinajstić information content (AvgIpc) is 2.36. The number of aromatic nitrogens is 1. The molecule has 4 nitrogen and oxygen atoms in total. The van der Waals surface area contributed by atoms with Crippen LogP contribution >= 0.6 is 0 Å². The Bertz CT molecular complexity index is 499. The molecule has 0 radical (unpaired) electrons. The number of nitrogens with two attached hydrogens (primary N) is 1. The quantitative estimate of drug-likeness (QED) is 0.837. The molecule has 2 rings (SSSR count). The van der Waals surface area contributed by atoms with Crippen LogP contribution in [-0.4, -0.2) is 34.1 Å². The van der Waals surface area contributed by atoms with Gasteiger partial charge in [0.05, 0.1) is 0 Å². The Balaban J connectivity index is 2.20. The molecular formula is C12H14F3N3O. The van der Waals surface area contributed by atoms with Crippen molar-refractivity contribution in [2.45, 2.75) is 31.6 Å². The third kappa shape index (κ3) is 2.42. The fraction of sp³-hybridized carbons (Fsp3) is 0.500. The smallest absolute Gasteiger partial charge is 0.336 e. The fourth-order valence-corrected chi connectivity index (χ4v) is 1.99. The number of carbonyl (C=O) groups is 1. The van der Waals surface area contributed by atoms with Crippen molar-refractivity contribution < 1.29 is 18.0 Å². The summed E-state index contributed by atoms with van der Waals surface area (Å²) in [6.45, 7) is 1.02. The van der Waals surface area contributed by atoms with Crippen molar-refractivity contribution in [2.75, 3.05) is 6.54 Å². The van der Waals surface area contributed by atoms with Crippen LogP contribution < -0.4 is 5.73 Å². The number of amides is 1. The Morgan fingerprint density at radius 3 is 2.79 bits per heavy atom. The van der Waals surface area contributed by atoms with Crippen LogP contribution in [0.4, 0.5) is 13.2 Å². The first-order chi connectivity index (χ1) is 8.73. The Morgan fingerprint density at radius 2 is 2.16 bits per heavy atom. The van der Waals surface area contributed by atoms with E-state index < -0.39 is 17.6 Å². The summed E-state index contributed by atoms with van der Waals surface area (Å²) in [6, 6.07) is 3.45. The first kappa shape index (κ1) is 13.8. The van der Waals surface area contributed by atoms with Crippen LogP contribution in [0.3, 0.4) is 0 Å². The van der Waals surface area contributed by atoms with Gasteiger partial charge in [0, 0.05) is 31.4 Å². The molecule has 1 aliphatic heterocycles. The van der Waals surface area contributed by atoms with Crippen molar-refractivity contribution in [3.63, 3.8) is 0 Å². The zero-order chi connectivity index (χ0) is 14.3. The summed E-state index contributed by atoms with van der Waals surface area (Å²) in [7, 11) is 0. The Kier molecular flexibility index (Phi) is 3.25. The molecule has 0 fully saturated rings. The molecule has 0 aromatic carbocycles. The van der Waals surface area contributed by atoms with E-state index in [1.54, 1.807) is 18.3 Å². The van der Waals surface area contributed by atoms with Crippen LogP contribution in [0.25, 0.3) is 0 Å². The molecule has 1 amide bonds. The third-order valence-electron chi connectivity index (χ3n) is 3.28. The molecule has 7 heteroatoms. The van der Waals surface area contributed by atoms with Crippen LogP contribution in [0.5, 0.6) is 0 Å². The number of alkyl halides is 3. The summed E-state index contributed by atoms with van der Waals surface area (Å²) in [5, 5.41) is 0. The largest absolute Gasteiger partial charge is 0.415 e. The fourth-order valence-electron chi connectivity index (χ4n) is 1.99. The van der Waals surface area contributed by atoms with Gasteiger partial charge in [-0.15, -0.1) is 0 Å². The van der Waals surface area contributed by atoms with Gasteiger partial charge >= 0.3 is 6.18 Å². The normalized spacial score (nSPS) is 18.7. The van der Waals surface area contributed by atoms with Gasteiger partial charge in [0.2, 0.25) is 0 Å². The highest BCUT2D eigenvalue weighted by Crippen LogP contribution is 2.31. The van der Waals surface area contributed by atoms with E-state index in [9.17, 15) is 18.0 Å². The lowest BCUT2D eigenvalue weighted by atomic mass is 9.98. The zero-order valence-electron chi connectivity index (χ0n) is 10.4. The molecule has 0 aliphatic carbocycles. The topological polar surface area (TPSA) is 59.2 Å². The molecule has 1 unspecified atom stereocenters. The molecule has 104 valence electrons. The second-order valence-corrected chi connectivity index (χ2v) is 4.79. The molecule has 2 N–H and O–H groups in total. The molecule has 1 atom stereocenters. The first-order valence-corrected chi connectivity index (χ1v) is 5.81. The molecule has 0 spiro atoms. The van der Waals surface area contributed by atoms with Gasteiger partial charge in [-0.25, -0.2) is 0 Å². The Labute approximate surface area is 108 Å². The number of hydrogen-bond acceptors (Lipinski definition) is 3. The van der Waals surface area contributed by atoms with Crippen molar-refractivity contribution in [2.24, 2.45) is 5.73 Å². The number of rotatable bonds is 1. The molecule has 19 heavy (non-hydrogen) atoms. The lowest BCUT2D eigenvalue weighted by molar-refractivity contribution is -0.194. The van der Waals surface area contributed by atoms with Crippen LogP contribution in [0.2, 0.25) is 0 Å². The lowest BCUT2D eigenvalue weighted by Gasteiger charge is -2.35. The maximum absolute atomic E-state index is 12.7. The van der Waals surface area contributed by atoms with E-state index in [2.05, 4.69) is 4.98 Å². The molecule has 1 aliphatic rings. The van der Waals surface area contributed by atoms with Crippen molar-refractivity contribution in [3.8, 4) is 0 Å². The monoisotopic (exact) mass is 273 g/mol. The van der Waals surface area contributed by atoms with E-state index in [1.165, 1.54) is 0 Å². The highest BCUT2D eigenvalue weighted by Gasteiger charge is 2.55. The molecule has 0 saturated carbocycles. The predicted molar refractivity (Wildman–Crippen MR) is 62.0 cm³/mol. The van der Waals surface area contributed by atoms with Crippen molar-refractivity contribution in [1.82, 2.24) is 9.88 Å². The van der Waals surface area contributed by atoms with Gasteiger partial charge in [0.1, 0.15) is 0 Å². The lowest BCUT2D eigenvalue weighted by Crippen LogP contribution is -2.62. The van der Waals surface area contributed by atoms with Gasteiger partial charge in [-0.05, 0) is 18.6 Å². The van der Waals surface area contributed by atoms with Crippen LogP contribution in [0, 0.1) is 0 Å². The van der Waals surface area contributed by atoms with Crippen molar-refractivity contribution in [1.29, 1.82) is 0 Å². The number of hydrogen-bond donors (Lipinski definition) is 1. The van der Waals surface area contributed by atoms with Crippen molar-refractivity contribution in [3.05, 3.63) is 29.6 Å². The minimum absolute atomic E-state index is 0.116. The number of fused-ring (bicyclic) bond motifs is 1. The first-order valence-electron chi connectivity index (χ1n) is 5.81.